The van der Waals surface area contributed by atoms with Gasteiger partial charge in [-0.15, -0.1) is 0 Å². The van der Waals surface area contributed by atoms with Gasteiger partial charge in [-0.25, -0.2) is 18.4 Å². The minimum atomic E-state index is -7.27. The summed E-state index contributed by atoms with van der Waals surface area (Å²) in [4.78, 5) is 10.1. The molecular weight excluding hydrogens is 389 g/mol. The molecule has 0 aliphatic heterocycles. The molecule has 144 valence electrons. The summed E-state index contributed by atoms with van der Waals surface area (Å²) in [6, 6.07) is 0. The van der Waals surface area contributed by atoms with Crippen LogP contribution in [0.15, 0.2) is 12.7 Å². The molecular formula is C9H10F9NO4S. The molecule has 0 fully saturated rings. The Hall–Kier alpha value is -1.51. The van der Waals surface area contributed by atoms with Gasteiger partial charge in [0.05, 0.1) is 6.61 Å². The van der Waals surface area contributed by atoms with Crippen LogP contribution in [0.25, 0.3) is 0 Å². The molecule has 0 amide bonds. The molecule has 0 bridgehead atoms. The topological polar surface area (TPSA) is 86.5 Å². The monoisotopic (exact) mass is 399 g/mol. The van der Waals surface area contributed by atoms with Crippen LogP contribution >= 0.6 is 0 Å². The van der Waals surface area contributed by atoms with Crippen molar-refractivity contribution in [2.75, 3.05) is 6.61 Å². The fraction of sp³-hybridized carbons (Fsp3) is 0.667. The van der Waals surface area contributed by atoms with Gasteiger partial charge in [-0.2, -0.15) is 39.5 Å². The van der Waals surface area contributed by atoms with Gasteiger partial charge in [-0.1, -0.05) is 6.58 Å². The molecule has 0 aromatic carbocycles. The predicted octanol–water partition coefficient (Wildman–Crippen LogP) is 2.44. The highest BCUT2D eigenvalue weighted by atomic mass is 32.2. The molecule has 0 spiro atoms. The van der Waals surface area contributed by atoms with Crippen molar-refractivity contribution >= 4 is 16.0 Å². The minimum Gasteiger partial charge on any atom is -0.463 e. The number of hydrogen-bond donors (Lipinski definition) is 1. The molecule has 0 aliphatic carbocycles. The summed E-state index contributed by atoms with van der Waals surface area (Å²) in [7, 11) is -6.67. The van der Waals surface area contributed by atoms with Crippen molar-refractivity contribution in [3.8, 4) is 0 Å². The third kappa shape index (κ3) is 4.99. The molecule has 0 aliphatic rings. The van der Waals surface area contributed by atoms with Crippen LogP contribution in [0, 0.1) is 0 Å². The van der Waals surface area contributed by atoms with Gasteiger partial charge in [0.2, 0.25) is 0 Å². The quantitative estimate of drug-likeness (QED) is 0.437. The van der Waals surface area contributed by atoms with Gasteiger partial charge in [-0.05, 0) is 6.92 Å². The molecule has 0 aromatic rings. The number of rotatable bonds is 5. The van der Waals surface area contributed by atoms with Crippen LogP contribution in [0.5, 0.6) is 0 Å². The van der Waals surface area contributed by atoms with Gasteiger partial charge in [0.1, 0.15) is 0 Å². The van der Waals surface area contributed by atoms with Gasteiger partial charge < -0.3 is 4.74 Å². The van der Waals surface area contributed by atoms with Crippen LogP contribution in [0.4, 0.5) is 39.5 Å². The Labute approximate surface area is 129 Å². The standard InChI is InChI=1S/C5H8O2.C4H2F9NO2S/c1-3-5(6)7-4-2;5-1(6,3(9,10)11)2(7,8)4(12,13)17(14,15)16/h3H,1,4H2,2H3;(H2,14,15,16). The number of esters is 1. The first kappa shape index (κ1) is 24.7. The number of hydrogen-bond acceptors (Lipinski definition) is 4. The zero-order valence-corrected chi connectivity index (χ0v) is 12.3. The second-order valence-corrected chi connectivity index (χ2v) is 5.27. The molecule has 0 rings (SSSR count). The van der Waals surface area contributed by atoms with Gasteiger partial charge in [0.25, 0.3) is 10.0 Å². The SMILES string of the molecule is C=CC(=O)OCC.NS(=O)(=O)C(F)(F)C(F)(F)C(F)(F)C(F)(F)F. The highest BCUT2D eigenvalue weighted by molar-refractivity contribution is 7.90. The molecule has 0 radical (unpaired) electrons. The van der Waals surface area contributed by atoms with Gasteiger partial charge in [0.15, 0.2) is 0 Å². The number of nitrogens with two attached hydrogens (primary N) is 1. The molecule has 0 aromatic heterocycles. The number of carbonyl (C=O) groups excluding carboxylic acids is 1. The first-order valence-electron chi connectivity index (χ1n) is 5.32. The van der Waals surface area contributed by atoms with E-state index >= 15 is 0 Å². The van der Waals surface area contributed by atoms with Crippen LogP contribution < -0.4 is 5.14 Å². The highest BCUT2D eigenvalue weighted by Crippen LogP contribution is 2.54. The van der Waals surface area contributed by atoms with E-state index in [4.69, 9.17) is 0 Å². The lowest BCUT2D eigenvalue weighted by atomic mass is 10.1. The normalized spacial score (nSPS) is 13.6. The zero-order chi connectivity index (χ0) is 20.2. The average Bonchev–Trinajstić information content (AvgIpc) is 2.36. The predicted molar refractivity (Wildman–Crippen MR) is 60.8 cm³/mol. The van der Waals surface area contributed by atoms with Gasteiger partial charge in [0, 0.05) is 6.08 Å². The summed E-state index contributed by atoms with van der Waals surface area (Å²) in [6.45, 7) is 5.38. The van der Waals surface area contributed by atoms with E-state index in [2.05, 4.69) is 16.5 Å². The summed E-state index contributed by atoms with van der Waals surface area (Å²) in [5, 5.41) is -3.30. The van der Waals surface area contributed by atoms with Gasteiger partial charge in [-0.3, -0.25) is 0 Å². The van der Waals surface area contributed by atoms with Crippen molar-refractivity contribution < 1.29 is 57.5 Å². The van der Waals surface area contributed by atoms with E-state index in [0.717, 1.165) is 6.08 Å². The lowest BCUT2D eigenvalue weighted by Crippen LogP contribution is -2.64. The number of sulfonamides is 1. The molecule has 0 saturated heterocycles. The average molecular weight is 399 g/mol. The Balaban J connectivity index is 0. The number of ether oxygens (including phenoxy) is 1. The molecule has 15 heteroatoms. The van der Waals surface area contributed by atoms with E-state index in [1.165, 1.54) is 0 Å². The first-order valence-corrected chi connectivity index (χ1v) is 6.87. The Bertz CT molecular complexity index is 556. The number of primary sulfonamides is 1. The highest BCUT2D eigenvalue weighted by Gasteiger charge is 2.85. The molecule has 0 heterocycles. The molecule has 0 atom stereocenters. The molecule has 0 saturated carbocycles. The van der Waals surface area contributed by atoms with Crippen molar-refractivity contribution in [1.29, 1.82) is 0 Å². The van der Waals surface area contributed by atoms with E-state index in [9.17, 15) is 52.7 Å². The molecule has 2 N–H and O–H groups in total. The lowest BCUT2D eigenvalue weighted by molar-refractivity contribution is -0.382. The van der Waals surface area contributed by atoms with Crippen LogP contribution in [0.1, 0.15) is 6.92 Å². The molecule has 5 nitrogen and oxygen atoms in total. The summed E-state index contributed by atoms with van der Waals surface area (Å²) < 4.78 is 132. The number of carbonyl (C=O) groups is 1. The molecule has 0 unspecified atom stereocenters. The summed E-state index contributed by atoms with van der Waals surface area (Å²) in [6.07, 6.45) is -5.94. The van der Waals surface area contributed by atoms with Crippen molar-refractivity contribution in [1.82, 2.24) is 0 Å². The van der Waals surface area contributed by atoms with Crippen molar-refractivity contribution in [3.05, 3.63) is 12.7 Å². The molecule has 24 heavy (non-hydrogen) atoms. The largest absolute Gasteiger partial charge is 0.463 e. The van der Waals surface area contributed by atoms with Crippen LogP contribution in [-0.4, -0.2) is 44.3 Å². The van der Waals surface area contributed by atoms with Crippen LogP contribution in [0.3, 0.4) is 0 Å². The fourth-order valence-corrected chi connectivity index (χ4v) is 1.23. The summed E-state index contributed by atoms with van der Waals surface area (Å²) >= 11 is 0. The third-order valence-corrected chi connectivity index (χ3v) is 2.90. The Morgan fingerprint density at radius 2 is 1.42 bits per heavy atom. The first-order chi connectivity index (χ1) is 10.3. The Morgan fingerprint density at radius 3 is 1.58 bits per heavy atom. The van der Waals surface area contributed by atoms with E-state index in [1.54, 1.807) is 6.92 Å². The minimum absolute atomic E-state index is 0.359. The maximum atomic E-state index is 12.3. The van der Waals surface area contributed by atoms with Crippen molar-refractivity contribution in [3.63, 3.8) is 0 Å². The Morgan fingerprint density at radius 1 is 1.04 bits per heavy atom. The van der Waals surface area contributed by atoms with Crippen molar-refractivity contribution in [2.24, 2.45) is 5.14 Å². The van der Waals surface area contributed by atoms with E-state index < -0.39 is 33.3 Å². The second-order valence-electron chi connectivity index (χ2n) is 3.66. The number of alkyl halides is 9. The van der Waals surface area contributed by atoms with E-state index in [0.29, 0.717) is 6.61 Å². The van der Waals surface area contributed by atoms with Crippen LogP contribution in [0.2, 0.25) is 0 Å². The third-order valence-electron chi connectivity index (χ3n) is 1.93. The summed E-state index contributed by atoms with van der Waals surface area (Å²) in [5.74, 6) is -14.9. The van der Waals surface area contributed by atoms with Crippen molar-refractivity contribution in [2.45, 2.75) is 30.2 Å². The zero-order valence-electron chi connectivity index (χ0n) is 11.5. The Kier molecular flexibility index (Phi) is 7.82. The van der Waals surface area contributed by atoms with Gasteiger partial charge >= 0.3 is 29.2 Å². The summed E-state index contributed by atoms with van der Waals surface area (Å²) in [5.41, 5.74) is 0. The number of halogens is 9. The van der Waals surface area contributed by atoms with E-state index in [1.807, 2.05) is 0 Å². The van der Waals surface area contributed by atoms with E-state index in [-0.39, 0.29) is 5.97 Å². The smallest absolute Gasteiger partial charge is 0.460 e. The maximum absolute atomic E-state index is 12.3. The fourth-order valence-electron chi connectivity index (χ4n) is 0.741. The second kappa shape index (κ2) is 7.58. The maximum Gasteiger partial charge on any atom is 0.460 e. The lowest BCUT2D eigenvalue weighted by Gasteiger charge is -2.32. The van der Waals surface area contributed by atoms with Crippen LogP contribution in [-0.2, 0) is 19.6 Å².